The SMILES string of the molecule is C[C@H](Oc1ccc(S(=O)(=O)[C@@H]2C[C@H](OC(=O)NC3(C#N)CC3)N(C(=O)C3(c4ncc(Br)cc4F)CN(C=O)C3)C2)c(Cl)c1)C(F)(F)F. The maximum atomic E-state index is 15.2. The Bertz CT molecular complexity index is 1770. The third kappa shape index (κ3) is 6.70. The summed E-state index contributed by atoms with van der Waals surface area (Å²) in [6.07, 6.45) is -7.64. The van der Waals surface area contributed by atoms with Crippen molar-refractivity contribution in [1.82, 2.24) is 20.1 Å². The molecule has 0 spiro atoms. The molecule has 3 heterocycles. The highest BCUT2D eigenvalue weighted by Crippen LogP contribution is 2.41. The van der Waals surface area contributed by atoms with Gasteiger partial charge in [-0.25, -0.2) is 17.6 Å². The molecule has 1 N–H and O–H groups in total. The summed E-state index contributed by atoms with van der Waals surface area (Å²) in [4.78, 5) is 44.3. The summed E-state index contributed by atoms with van der Waals surface area (Å²) >= 11 is 9.31. The Morgan fingerprint density at radius 1 is 1.28 bits per heavy atom. The van der Waals surface area contributed by atoms with Gasteiger partial charge in [0.25, 0.3) is 0 Å². The van der Waals surface area contributed by atoms with Gasteiger partial charge >= 0.3 is 12.3 Å². The number of carbonyl (C=O) groups is 3. The Morgan fingerprint density at radius 2 is 1.96 bits per heavy atom. The number of hydrogen-bond acceptors (Lipinski definition) is 9. The average Bonchev–Trinajstić information content (AvgIpc) is 3.60. The largest absolute Gasteiger partial charge is 0.481 e. The van der Waals surface area contributed by atoms with Gasteiger partial charge in [0.2, 0.25) is 12.3 Å². The highest BCUT2D eigenvalue weighted by Gasteiger charge is 2.58. The van der Waals surface area contributed by atoms with E-state index in [0.717, 1.165) is 36.1 Å². The topological polar surface area (TPSA) is 159 Å². The number of sulfone groups is 1. The van der Waals surface area contributed by atoms with E-state index in [-0.39, 0.29) is 29.0 Å². The number of hydrogen-bond donors (Lipinski definition) is 1. The van der Waals surface area contributed by atoms with Crippen LogP contribution in [0.1, 0.15) is 31.9 Å². The molecule has 1 aliphatic carbocycles. The van der Waals surface area contributed by atoms with Gasteiger partial charge in [-0.2, -0.15) is 18.4 Å². The zero-order valence-electron chi connectivity index (χ0n) is 24.3. The number of nitrogens with zero attached hydrogens (tertiary/aromatic N) is 4. The lowest BCUT2D eigenvalue weighted by molar-refractivity contribution is -0.189. The molecule has 0 unspecified atom stereocenters. The molecule has 252 valence electrons. The molecule has 2 saturated heterocycles. The number of alkyl carbamates (subject to hydrolysis) is 1. The fourth-order valence-corrected chi connectivity index (χ4v) is 7.96. The Balaban J connectivity index is 1.47. The van der Waals surface area contributed by atoms with Crippen LogP contribution in [0.2, 0.25) is 5.02 Å². The molecule has 5 rings (SSSR count). The molecule has 2 aliphatic heterocycles. The number of alkyl halides is 3. The van der Waals surface area contributed by atoms with E-state index in [1.807, 2.05) is 6.07 Å². The van der Waals surface area contributed by atoms with E-state index in [2.05, 4.69) is 26.2 Å². The van der Waals surface area contributed by atoms with Crippen molar-refractivity contribution >= 4 is 55.8 Å². The predicted molar refractivity (Wildman–Crippen MR) is 157 cm³/mol. The molecule has 1 saturated carbocycles. The molecule has 3 atom stereocenters. The molecule has 2 aromatic rings. The van der Waals surface area contributed by atoms with Gasteiger partial charge in [0.05, 0.1) is 26.9 Å². The second kappa shape index (κ2) is 12.4. The van der Waals surface area contributed by atoms with E-state index in [1.165, 1.54) is 11.1 Å². The van der Waals surface area contributed by atoms with Crippen LogP contribution in [-0.4, -0.2) is 90.5 Å². The first-order valence-corrected chi connectivity index (χ1v) is 16.7. The standard InChI is InChI=1S/C28H25BrClF4N5O7S/c1-15(28(32,33)34)45-17-2-3-21(19(30)7-17)47(43,44)18-8-22(46-25(42)37-26(11-35)4-5-26)39(10-18)24(41)27(12-38(13-27)14-40)23-20(31)6-16(29)9-36-23/h2-3,6-7,9,14-15,18,22H,4-5,8,10,12-13H2,1H3,(H,37,42)/t15-,18+,22-/m0/s1. The normalized spacial score (nSPS) is 22.0. The summed E-state index contributed by atoms with van der Waals surface area (Å²) in [5.41, 5.74) is -3.24. The Labute approximate surface area is 279 Å². The number of ether oxygens (including phenoxy) is 2. The Hall–Kier alpha value is -3.69. The highest BCUT2D eigenvalue weighted by molar-refractivity contribution is 9.10. The summed E-state index contributed by atoms with van der Waals surface area (Å²) in [5, 5.41) is 9.84. The molecule has 12 nitrogen and oxygen atoms in total. The summed E-state index contributed by atoms with van der Waals surface area (Å²) in [6, 6.07) is 5.88. The molecule has 47 heavy (non-hydrogen) atoms. The van der Waals surface area contributed by atoms with Crippen molar-refractivity contribution in [2.75, 3.05) is 19.6 Å². The molecule has 1 aromatic carbocycles. The summed E-state index contributed by atoms with van der Waals surface area (Å²) in [7, 11) is -4.46. The number of carbonyl (C=O) groups excluding carboxylic acids is 3. The van der Waals surface area contributed by atoms with E-state index in [1.54, 1.807) is 0 Å². The lowest BCUT2D eigenvalue weighted by Gasteiger charge is -2.48. The lowest BCUT2D eigenvalue weighted by atomic mass is 9.75. The van der Waals surface area contributed by atoms with Gasteiger partial charge in [-0.1, -0.05) is 11.6 Å². The van der Waals surface area contributed by atoms with Gasteiger partial charge in [0.15, 0.2) is 22.2 Å². The first kappa shape index (κ1) is 34.6. The first-order chi connectivity index (χ1) is 21.9. The van der Waals surface area contributed by atoms with Crippen LogP contribution in [0.4, 0.5) is 22.4 Å². The number of pyridine rings is 1. The minimum absolute atomic E-state index is 0.269. The third-order valence-corrected chi connectivity index (χ3v) is 11.3. The number of nitriles is 1. The average molecular weight is 767 g/mol. The minimum Gasteiger partial charge on any atom is -0.481 e. The van der Waals surface area contributed by atoms with Gasteiger partial charge in [-0.05, 0) is 53.9 Å². The molecule has 19 heteroatoms. The third-order valence-electron chi connectivity index (χ3n) is 8.21. The van der Waals surface area contributed by atoms with Crippen LogP contribution < -0.4 is 10.1 Å². The molecular formula is C28H25BrClF4N5O7S. The first-order valence-electron chi connectivity index (χ1n) is 13.9. The maximum absolute atomic E-state index is 15.2. The number of nitrogens with one attached hydrogen (secondary N) is 1. The predicted octanol–water partition coefficient (Wildman–Crippen LogP) is 3.86. The number of aromatic nitrogens is 1. The fraction of sp³-hybridized carbons (Fsp3) is 0.464. The summed E-state index contributed by atoms with van der Waals surface area (Å²) < 4.78 is 92.4. The molecule has 0 radical (unpaired) electrons. The van der Waals surface area contributed by atoms with Crippen molar-refractivity contribution in [2.45, 2.75) is 65.8 Å². The fourth-order valence-electron chi connectivity index (χ4n) is 5.44. The Kier molecular flexibility index (Phi) is 9.14. The second-order valence-corrected chi connectivity index (χ2v) is 15.0. The van der Waals surface area contributed by atoms with E-state index in [9.17, 15) is 41.2 Å². The molecule has 1 aromatic heterocycles. The second-order valence-electron chi connectivity index (χ2n) is 11.5. The minimum atomic E-state index is -4.69. The summed E-state index contributed by atoms with van der Waals surface area (Å²) in [5.74, 6) is -2.10. The lowest BCUT2D eigenvalue weighted by Crippen LogP contribution is -2.67. The number of amides is 3. The smallest absolute Gasteiger partial charge is 0.425 e. The molecule has 3 amide bonds. The summed E-state index contributed by atoms with van der Waals surface area (Å²) in [6.45, 7) is -0.438. The van der Waals surface area contributed by atoms with Gasteiger partial charge in [0.1, 0.15) is 22.5 Å². The monoisotopic (exact) mass is 765 g/mol. The van der Waals surface area contributed by atoms with Crippen molar-refractivity contribution in [2.24, 2.45) is 0 Å². The van der Waals surface area contributed by atoms with E-state index in [0.29, 0.717) is 19.3 Å². The van der Waals surface area contributed by atoms with E-state index in [4.69, 9.17) is 21.1 Å². The van der Waals surface area contributed by atoms with E-state index >= 15 is 4.39 Å². The number of halogens is 6. The van der Waals surface area contributed by atoms with Gasteiger partial charge in [-0.15, -0.1) is 0 Å². The van der Waals surface area contributed by atoms with Gasteiger partial charge in [-0.3, -0.25) is 14.6 Å². The van der Waals surface area contributed by atoms with Crippen LogP contribution in [0, 0.1) is 17.1 Å². The van der Waals surface area contributed by atoms with Crippen molar-refractivity contribution in [1.29, 1.82) is 5.26 Å². The van der Waals surface area contributed by atoms with Crippen molar-refractivity contribution in [3.8, 4) is 11.8 Å². The van der Waals surface area contributed by atoms with Crippen molar-refractivity contribution < 1.29 is 49.8 Å². The Morgan fingerprint density at radius 3 is 2.51 bits per heavy atom. The van der Waals surface area contributed by atoms with Gasteiger partial charge in [0, 0.05) is 42.8 Å². The van der Waals surface area contributed by atoms with Crippen LogP contribution in [0.5, 0.6) is 5.75 Å². The maximum Gasteiger partial charge on any atom is 0.425 e. The van der Waals surface area contributed by atoms with Crippen LogP contribution >= 0.6 is 27.5 Å². The quantitative estimate of drug-likeness (QED) is 0.296. The number of rotatable bonds is 9. The van der Waals surface area contributed by atoms with Crippen molar-refractivity contribution in [3.63, 3.8) is 0 Å². The zero-order valence-corrected chi connectivity index (χ0v) is 27.4. The number of benzene rings is 1. The highest BCUT2D eigenvalue weighted by atomic mass is 79.9. The molecule has 0 bridgehead atoms. The number of likely N-dealkylation sites (tertiary alicyclic amines) is 2. The van der Waals surface area contributed by atoms with Crippen LogP contribution in [0.15, 0.2) is 39.8 Å². The van der Waals surface area contributed by atoms with E-state index < -0.39 is 85.3 Å². The molecular weight excluding hydrogens is 742 g/mol. The van der Waals surface area contributed by atoms with Crippen molar-refractivity contribution in [3.05, 3.63) is 51.5 Å². The molecule has 3 fully saturated rings. The van der Waals surface area contributed by atoms with Crippen LogP contribution in [0.25, 0.3) is 0 Å². The van der Waals surface area contributed by atoms with Crippen LogP contribution in [0.3, 0.4) is 0 Å². The van der Waals surface area contributed by atoms with Crippen LogP contribution in [-0.2, 0) is 29.6 Å². The zero-order chi connectivity index (χ0) is 34.5. The van der Waals surface area contributed by atoms with Gasteiger partial charge < -0.3 is 24.6 Å². The molecule has 3 aliphatic rings.